The van der Waals surface area contributed by atoms with Crippen LogP contribution in [0.1, 0.15) is 40.5 Å². The van der Waals surface area contributed by atoms with E-state index in [2.05, 4.69) is 6.92 Å². The molecule has 2 atom stereocenters. The Labute approximate surface area is 129 Å². The summed E-state index contributed by atoms with van der Waals surface area (Å²) in [4.78, 5) is 25.5. The molecule has 0 radical (unpaired) electrons. The minimum atomic E-state index is -1.09. The van der Waals surface area contributed by atoms with Crippen LogP contribution in [0.3, 0.4) is 0 Å². The van der Waals surface area contributed by atoms with Crippen molar-refractivity contribution >= 4 is 11.9 Å². The molecule has 0 unspecified atom stereocenters. The number of hydrogen-bond donors (Lipinski definition) is 2. The zero-order valence-electron chi connectivity index (χ0n) is 12.9. The topological polar surface area (TPSA) is 92.9 Å². The summed E-state index contributed by atoms with van der Waals surface area (Å²) in [6.07, 6.45) is 2.02. The maximum Gasteiger partial charge on any atom is 0.335 e. The molecule has 0 aliphatic carbocycles. The molecule has 1 aliphatic heterocycles. The fourth-order valence-corrected chi connectivity index (χ4v) is 2.88. The first-order valence-electron chi connectivity index (χ1n) is 7.43. The summed E-state index contributed by atoms with van der Waals surface area (Å²) in [5.41, 5.74) is 6.45. The summed E-state index contributed by atoms with van der Waals surface area (Å²) in [5.74, 6) is -0.624. The predicted molar refractivity (Wildman–Crippen MR) is 82.2 cm³/mol. The molecule has 1 aromatic rings. The second-order valence-electron chi connectivity index (χ2n) is 5.68. The molecular weight excluding hydrogens is 284 g/mol. The SMILES string of the molecule is CCC[C@H]1CN(C(=O)c2cc(OC)cc(C(=O)O)c2)C[C@@H]1N. The Balaban J connectivity index is 2.22. The van der Waals surface area contributed by atoms with Gasteiger partial charge in [-0.15, -0.1) is 0 Å². The van der Waals surface area contributed by atoms with Crippen LogP contribution in [0, 0.1) is 5.92 Å². The molecule has 1 saturated heterocycles. The third kappa shape index (κ3) is 3.39. The maximum absolute atomic E-state index is 12.6. The van der Waals surface area contributed by atoms with E-state index in [9.17, 15) is 9.59 Å². The van der Waals surface area contributed by atoms with E-state index < -0.39 is 5.97 Å². The third-order valence-electron chi connectivity index (χ3n) is 4.07. The minimum Gasteiger partial charge on any atom is -0.497 e. The van der Waals surface area contributed by atoms with Crippen molar-refractivity contribution in [2.24, 2.45) is 11.7 Å². The number of amides is 1. The van der Waals surface area contributed by atoms with Crippen molar-refractivity contribution < 1.29 is 19.4 Å². The first-order chi connectivity index (χ1) is 10.5. The first-order valence-corrected chi connectivity index (χ1v) is 7.43. The Morgan fingerprint density at radius 2 is 2.00 bits per heavy atom. The van der Waals surface area contributed by atoms with Gasteiger partial charge in [0.25, 0.3) is 5.91 Å². The Morgan fingerprint density at radius 1 is 1.32 bits per heavy atom. The van der Waals surface area contributed by atoms with Gasteiger partial charge >= 0.3 is 5.97 Å². The van der Waals surface area contributed by atoms with Gasteiger partial charge in [0.1, 0.15) is 5.75 Å². The van der Waals surface area contributed by atoms with E-state index in [0.717, 1.165) is 12.8 Å². The number of benzene rings is 1. The summed E-state index contributed by atoms with van der Waals surface area (Å²) in [6, 6.07) is 4.32. The Hall–Kier alpha value is -2.08. The number of hydrogen-bond acceptors (Lipinski definition) is 4. The van der Waals surface area contributed by atoms with Crippen LogP contribution in [0.25, 0.3) is 0 Å². The molecule has 0 bridgehead atoms. The number of ether oxygens (including phenoxy) is 1. The lowest BCUT2D eigenvalue weighted by Gasteiger charge is -2.17. The molecule has 120 valence electrons. The summed E-state index contributed by atoms with van der Waals surface area (Å²) in [7, 11) is 1.44. The van der Waals surface area contributed by atoms with Gasteiger partial charge in [-0.2, -0.15) is 0 Å². The molecule has 1 heterocycles. The van der Waals surface area contributed by atoms with Crippen LogP contribution in [0.5, 0.6) is 5.75 Å². The number of carboxylic acids is 1. The van der Waals surface area contributed by atoms with Gasteiger partial charge < -0.3 is 20.5 Å². The monoisotopic (exact) mass is 306 g/mol. The molecule has 1 aliphatic rings. The van der Waals surface area contributed by atoms with E-state index in [1.165, 1.54) is 19.2 Å². The highest BCUT2D eigenvalue weighted by atomic mass is 16.5. The number of carboxylic acid groups (broad SMARTS) is 1. The molecular formula is C16H22N2O4. The van der Waals surface area contributed by atoms with Crippen LogP contribution in [-0.4, -0.2) is 48.1 Å². The van der Waals surface area contributed by atoms with E-state index in [-0.39, 0.29) is 17.5 Å². The summed E-state index contributed by atoms with van der Waals surface area (Å²) in [5, 5.41) is 9.13. The van der Waals surface area contributed by atoms with Crippen LogP contribution in [0.4, 0.5) is 0 Å². The number of carbonyl (C=O) groups is 2. The van der Waals surface area contributed by atoms with Gasteiger partial charge in [-0.05, 0) is 30.5 Å². The first kappa shape index (κ1) is 16.3. The zero-order valence-corrected chi connectivity index (χ0v) is 12.9. The number of carbonyl (C=O) groups excluding carboxylic acids is 1. The molecule has 6 heteroatoms. The number of aromatic carboxylic acids is 1. The molecule has 1 fully saturated rings. The highest BCUT2D eigenvalue weighted by Gasteiger charge is 2.33. The van der Waals surface area contributed by atoms with Crippen LogP contribution in [0.2, 0.25) is 0 Å². The molecule has 0 saturated carbocycles. The van der Waals surface area contributed by atoms with Crippen molar-refractivity contribution in [2.75, 3.05) is 20.2 Å². The van der Waals surface area contributed by atoms with Crippen molar-refractivity contribution in [3.05, 3.63) is 29.3 Å². The lowest BCUT2D eigenvalue weighted by molar-refractivity contribution is 0.0696. The molecule has 1 aromatic carbocycles. The second-order valence-corrected chi connectivity index (χ2v) is 5.68. The molecule has 6 nitrogen and oxygen atoms in total. The van der Waals surface area contributed by atoms with Crippen molar-refractivity contribution in [1.82, 2.24) is 4.90 Å². The van der Waals surface area contributed by atoms with Crippen molar-refractivity contribution in [2.45, 2.75) is 25.8 Å². The van der Waals surface area contributed by atoms with Crippen molar-refractivity contribution in [1.29, 1.82) is 0 Å². The van der Waals surface area contributed by atoms with Crippen LogP contribution < -0.4 is 10.5 Å². The molecule has 1 amide bonds. The van der Waals surface area contributed by atoms with Gasteiger partial charge in [-0.1, -0.05) is 13.3 Å². The minimum absolute atomic E-state index is 0.0200. The summed E-state index contributed by atoms with van der Waals surface area (Å²) < 4.78 is 5.08. The number of rotatable bonds is 5. The van der Waals surface area contributed by atoms with E-state index in [1.807, 2.05) is 0 Å². The predicted octanol–water partition coefficient (Wildman–Crippen LogP) is 1.59. The lowest BCUT2D eigenvalue weighted by Crippen LogP contribution is -2.32. The van der Waals surface area contributed by atoms with Crippen LogP contribution >= 0.6 is 0 Å². The van der Waals surface area contributed by atoms with Gasteiger partial charge in [0.05, 0.1) is 12.7 Å². The van der Waals surface area contributed by atoms with E-state index in [1.54, 1.807) is 11.0 Å². The normalized spacial score (nSPS) is 21.0. The van der Waals surface area contributed by atoms with Gasteiger partial charge in [0.15, 0.2) is 0 Å². The van der Waals surface area contributed by atoms with Gasteiger partial charge in [-0.3, -0.25) is 4.79 Å². The molecule has 0 spiro atoms. The van der Waals surface area contributed by atoms with Crippen molar-refractivity contribution in [3.8, 4) is 5.75 Å². The average molecular weight is 306 g/mol. The van der Waals surface area contributed by atoms with E-state index in [0.29, 0.717) is 30.3 Å². The summed E-state index contributed by atoms with van der Waals surface area (Å²) >= 11 is 0. The maximum atomic E-state index is 12.6. The van der Waals surface area contributed by atoms with E-state index >= 15 is 0 Å². The van der Waals surface area contributed by atoms with Crippen LogP contribution in [-0.2, 0) is 0 Å². The average Bonchev–Trinajstić information content (AvgIpc) is 2.87. The highest BCUT2D eigenvalue weighted by Crippen LogP contribution is 2.24. The quantitative estimate of drug-likeness (QED) is 0.862. The number of nitrogens with two attached hydrogens (primary N) is 1. The zero-order chi connectivity index (χ0) is 16.3. The van der Waals surface area contributed by atoms with Gasteiger partial charge in [-0.25, -0.2) is 4.79 Å². The Kier molecular flexibility index (Phi) is 5.03. The fourth-order valence-electron chi connectivity index (χ4n) is 2.88. The van der Waals surface area contributed by atoms with Gasteiger partial charge in [0.2, 0.25) is 0 Å². The molecule has 2 rings (SSSR count). The fraction of sp³-hybridized carbons (Fsp3) is 0.500. The largest absolute Gasteiger partial charge is 0.497 e. The standard InChI is InChI=1S/C16H22N2O4/c1-3-4-10-8-18(9-14(10)17)15(19)11-5-12(16(20)21)7-13(6-11)22-2/h5-7,10,14H,3-4,8-9,17H2,1-2H3,(H,20,21)/t10-,14-/m0/s1. The van der Waals surface area contributed by atoms with E-state index in [4.69, 9.17) is 15.6 Å². The third-order valence-corrected chi connectivity index (χ3v) is 4.07. The van der Waals surface area contributed by atoms with Gasteiger partial charge in [0, 0.05) is 24.7 Å². The number of nitrogens with zero attached hydrogens (tertiary/aromatic N) is 1. The molecule has 3 N–H and O–H groups in total. The van der Waals surface area contributed by atoms with Crippen molar-refractivity contribution in [3.63, 3.8) is 0 Å². The second kappa shape index (κ2) is 6.79. The number of likely N-dealkylation sites (tertiary alicyclic amines) is 1. The Morgan fingerprint density at radius 3 is 2.59 bits per heavy atom. The van der Waals surface area contributed by atoms with Crippen LogP contribution in [0.15, 0.2) is 18.2 Å². The summed E-state index contributed by atoms with van der Waals surface area (Å²) in [6.45, 7) is 3.22. The lowest BCUT2D eigenvalue weighted by atomic mass is 9.99. The molecule has 22 heavy (non-hydrogen) atoms. The number of methoxy groups -OCH3 is 1. The Bertz CT molecular complexity index is 573. The smallest absolute Gasteiger partial charge is 0.335 e. The molecule has 0 aromatic heterocycles. The highest BCUT2D eigenvalue weighted by molar-refractivity contribution is 5.98.